The zero-order valence-corrected chi connectivity index (χ0v) is 16.3. The van der Waals surface area contributed by atoms with Crippen molar-refractivity contribution in [3.63, 3.8) is 0 Å². The summed E-state index contributed by atoms with van der Waals surface area (Å²) in [4.78, 5) is 9.34. The Balaban J connectivity index is 1.72. The van der Waals surface area contributed by atoms with Crippen LogP contribution in [0.2, 0.25) is 0 Å². The third-order valence-electron chi connectivity index (χ3n) is 4.72. The number of hydrogen-bond donors (Lipinski definition) is 1. The summed E-state index contributed by atoms with van der Waals surface area (Å²) in [5.74, 6) is 5.83. The van der Waals surface area contributed by atoms with E-state index in [0.717, 1.165) is 39.2 Å². The number of nitrogens with zero attached hydrogens (tertiary/aromatic N) is 4. The molecule has 29 heavy (non-hydrogen) atoms. The molecule has 0 atom stereocenters. The van der Waals surface area contributed by atoms with Gasteiger partial charge in [-0.1, -0.05) is 36.4 Å². The van der Waals surface area contributed by atoms with E-state index in [0.29, 0.717) is 5.90 Å². The van der Waals surface area contributed by atoms with E-state index < -0.39 is 0 Å². The van der Waals surface area contributed by atoms with Gasteiger partial charge in [0.25, 0.3) is 0 Å². The molecule has 0 unspecified atom stereocenters. The van der Waals surface area contributed by atoms with Gasteiger partial charge in [0.05, 0.1) is 23.8 Å². The van der Waals surface area contributed by atoms with Gasteiger partial charge in [-0.2, -0.15) is 0 Å². The second-order valence-corrected chi connectivity index (χ2v) is 6.50. The highest BCUT2D eigenvalue weighted by Crippen LogP contribution is 2.24. The Kier molecular flexibility index (Phi) is 5.07. The van der Waals surface area contributed by atoms with Crippen LogP contribution in [0.3, 0.4) is 0 Å². The predicted molar refractivity (Wildman–Crippen MR) is 117 cm³/mol. The number of aliphatic imine (C=N–C) groups is 1. The minimum atomic E-state index is 0.368. The van der Waals surface area contributed by atoms with Gasteiger partial charge in [-0.25, -0.2) is 4.98 Å². The van der Waals surface area contributed by atoms with E-state index >= 15 is 0 Å². The molecular weight excluding hydrogens is 362 g/mol. The number of hydrazone groups is 1. The Hall–Kier alpha value is -3.93. The highest BCUT2D eigenvalue weighted by Gasteiger charge is 2.12. The summed E-state index contributed by atoms with van der Waals surface area (Å²) in [7, 11) is 1.55. The van der Waals surface area contributed by atoms with Gasteiger partial charge in [0, 0.05) is 22.5 Å². The largest absolute Gasteiger partial charge is 0.480 e. The standard InChI is InChI=1S/C23H21N5O/c1-16(19-10-6-7-11-20(19)23(27-24)29-2)26-17-12-13-22-21(14-17)25-15-28(22)18-8-4-3-5-9-18/h3-15H,24H2,1-2H3/b26-16?,27-23-. The second kappa shape index (κ2) is 7.98. The summed E-state index contributed by atoms with van der Waals surface area (Å²) in [5, 5.41) is 3.73. The summed E-state index contributed by atoms with van der Waals surface area (Å²) >= 11 is 0. The molecule has 1 aromatic heterocycles. The first-order chi connectivity index (χ1) is 14.2. The van der Waals surface area contributed by atoms with Gasteiger partial charge in [-0.05, 0) is 43.3 Å². The molecule has 0 bridgehead atoms. The molecule has 0 amide bonds. The van der Waals surface area contributed by atoms with Gasteiger partial charge in [0.1, 0.15) is 6.33 Å². The van der Waals surface area contributed by atoms with Crippen molar-refractivity contribution in [1.29, 1.82) is 0 Å². The van der Waals surface area contributed by atoms with Gasteiger partial charge < -0.3 is 10.6 Å². The molecular formula is C23H21N5O. The lowest BCUT2D eigenvalue weighted by Gasteiger charge is -2.10. The molecule has 144 valence electrons. The lowest BCUT2D eigenvalue weighted by atomic mass is 10.0. The predicted octanol–water partition coefficient (Wildman–Crippen LogP) is 4.43. The number of nitrogens with two attached hydrogens (primary N) is 1. The number of benzene rings is 3. The number of hydrogen-bond acceptors (Lipinski definition) is 5. The third kappa shape index (κ3) is 3.60. The minimum absolute atomic E-state index is 0.368. The number of imidazole rings is 1. The molecule has 0 aliphatic heterocycles. The SMILES string of the molecule is CO/C(=N\N)c1ccccc1C(C)=Nc1ccc2c(c1)ncn2-c1ccccc1. The van der Waals surface area contributed by atoms with Crippen molar-refractivity contribution < 1.29 is 4.74 Å². The fourth-order valence-electron chi connectivity index (χ4n) is 3.34. The first kappa shape index (κ1) is 18.4. The molecule has 0 fully saturated rings. The van der Waals surface area contributed by atoms with Crippen molar-refractivity contribution in [2.24, 2.45) is 15.9 Å². The molecule has 3 aromatic carbocycles. The van der Waals surface area contributed by atoms with E-state index in [2.05, 4.69) is 26.8 Å². The molecule has 6 heteroatoms. The van der Waals surface area contributed by atoms with Crippen LogP contribution in [-0.2, 0) is 4.74 Å². The first-order valence-corrected chi connectivity index (χ1v) is 9.20. The maximum absolute atomic E-state index is 5.46. The van der Waals surface area contributed by atoms with Crippen LogP contribution in [-0.4, -0.2) is 28.3 Å². The van der Waals surface area contributed by atoms with Crippen molar-refractivity contribution in [1.82, 2.24) is 9.55 Å². The Labute approximate surface area is 169 Å². The quantitative estimate of drug-likeness (QED) is 0.245. The molecule has 0 aliphatic rings. The highest BCUT2D eigenvalue weighted by atomic mass is 16.5. The molecule has 0 radical (unpaired) electrons. The molecule has 6 nitrogen and oxygen atoms in total. The maximum atomic E-state index is 5.46. The molecule has 2 N–H and O–H groups in total. The fourth-order valence-corrected chi connectivity index (χ4v) is 3.34. The third-order valence-corrected chi connectivity index (χ3v) is 4.72. The van der Waals surface area contributed by atoms with Gasteiger partial charge in [-0.15, -0.1) is 5.10 Å². The van der Waals surface area contributed by atoms with Crippen LogP contribution in [0.1, 0.15) is 18.1 Å². The first-order valence-electron chi connectivity index (χ1n) is 9.20. The molecule has 4 aromatic rings. The van der Waals surface area contributed by atoms with Crippen molar-refractivity contribution in [2.45, 2.75) is 6.92 Å². The molecule has 0 saturated heterocycles. The summed E-state index contributed by atoms with van der Waals surface area (Å²) in [5.41, 5.74) is 6.36. The van der Waals surface area contributed by atoms with Gasteiger partial charge >= 0.3 is 0 Å². The van der Waals surface area contributed by atoms with Crippen LogP contribution in [0.25, 0.3) is 16.7 Å². The maximum Gasteiger partial charge on any atom is 0.238 e. The van der Waals surface area contributed by atoms with Crippen LogP contribution < -0.4 is 5.84 Å². The summed E-state index contributed by atoms with van der Waals surface area (Å²) in [6.07, 6.45) is 1.83. The lowest BCUT2D eigenvalue weighted by Crippen LogP contribution is -2.12. The average Bonchev–Trinajstić information content (AvgIpc) is 3.19. The van der Waals surface area contributed by atoms with Crippen molar-refractivity contribution in [3.05, 3.63) is 90.3 Å². The van der Waals surface area contributed by atoms with Gasteiger partial charge in [-0.3, -0.25) is 9.56 Å². The zero-order valence-electron chi connectivity index (χ0n) is 16.3. The fraction of sp³-hybridized carbons (Fsp3) is 0.0870. The molecule has 1 heterocycles. The topological polar surface area (TPSA) is 77.8 Å². The minimum Gasteiger partial charge on any atom is -0.480 e. The van der Waals surface area contributed by atoms with E-state index in [9.17, 15) is 0 Å². The summed E-state index contributed by atoms with van der Waals surface area (Å²) in [6, 6.07) is 23.9. The number of aromatic nitrogens is 2. The monoisotopic (exact) mass is 383 g/mol. The van der Waals surface area contributed by atoms with E-state index in [1.54, 1.807) is 7.11 Å². The summed E-state index contributed by atoms with van der Waals surface area (Å²) in [6.45, 7) is 1.95. The van der Waals surface area contributed by atoms with Crippen LogP contribution in [0, 0.1) is 0 Å². The zero-order chi connectivity index (χ0) is 20.2. The van der Waals surface area contributed by atoms with Crippen molar-refractivity contribution >= 4 is 28.3 Å². The molecule has 4 rings (SSSR count). The molecule has 0 spiro atoms. The number of methoxy groups -OCH3 is 1. The summed E-state index contributed by atoms with van der Waals surface area (Å²) < 4.78 is 7.35. The van der Waals surface area contributed by atoms with Crippen LogP contribution in [0.15, 0.2) is 89.2 Å². The molecule has 0 aliphatic carbocycles. The Bertz CT molecular complexity index is 1210. The number of ether oxygens (including phenoxy) is 1. The van der Waals surface area contributed by atoms with E-state index in [-0.39, 0.29) is 0 Å². The molecule has 0 saturated carbocycles. The van der Waals surface area contributed by atoms with E-state index in [4.69, 9.17) is 15.6 Å². The van der Waals surface area contributed by atoms with Crippen LogP contribution in [0.5, 0.6) is 0 Å². The smallest absolute Gasteiger partial charge is 0.238 e. The Morgan fingerprint density at radius 3 is 2.41 bits per heavy atom. The van der Waals surface area contributed by atoms with Crippen LogP contribution >= 0.6 is 0 Å². The van der Waals surface area contributed by atoms with Gasteiger partial charge in [0.15, 0.2) is 0 Å². The number of para-hydroxylation sites is 1. The van der Waals surface area contributed by atoms with Crippen molar-refractivity contribution in [2.75, 3.05) is 7.11 Å². The van der Waals surface area contributed by atoms with Crippen molar-refractivity contribution in [3.8, 4) is 5.69 Å². The van der Waals surface area contributed by atoms with Gasteiger partial charge in [0.2, 0.25) is 5.90 Å². The highest BCUT2D eigenvalue weighted by molar-refractivity contribution is 6.10. The lowest BCUT2D eigenvalue weighted by molar-refractivity contribution is 0.402. The number of fused-ring (bicyclic) bond motifs is 1. The number of rotatable bonds is 4. The Morgan fingerprint density at radius 1 is 0.966 bits per heavy atom. The van der Waals surface area contributed by atoms with E-state index in [1.807, 2.05) is 73.9 Å². The van der Waals surface area contributed by atoms with E-state index in [1.165, 1.54) is 0 Å². The second-order valence-electron chi connectivity index (χ2n) is 6.50. The average molecular weight is 383 g/mol. The normalized spacial score (nSPS) is 12.3. The Morgan fingerprint density at radius 2 is 1.69 bits per heavy atom. The van der Waals surface area contributed by atoms with Crippen LogP contribution in [0.4, 0.5) is 5.69 Å².